The highest BCUT2D eigenvalue weighted by atomic mass is 32.2. The van der Waals surface area contributed by atoms with Gasteiger partial charge in [0, 0.05) is 17.9 Å². The third kappa shape index (κ3) is 5.99. The van der Waals surface area contributed by atoms with E-state index < -0.39 is 18.1 Å². The van der Waals surface area contributed by atoms with Crippen molar-refractivity contribution in [2.45, 2.75) is 50.1 Å². The summed E-state index contributed by atoms with van der Waals surface area (Å²) >= 11 is 1.55. The zero-order valence-corrected chi connectivity index (χ0v) is 20.7. The van der Waals surface area contributed by atoms with Gasteiger partial charge in [-0.3, -0.25) is 4.79 Å². The maximum absolute atomic E-state index is 12.7. The van der Waals surface area contributed by atoms with Crippen molar-refractivity contribution in [3.8, 4) is 11.1 Å². The summed E-state index contributed by atoms with van der Waals surface area (Å²) in [4.78, 5) is 36.8. The van der Waals surface area contributed by atoms with Crippen molar-refractivity contribution >= 4 is 29.7 Å². The number of carbonyl (C=O) groups is 3. The lowest BCUT2D eigenvalue weighted by Gasteiger charge is -2.29. The molecule has 35 heavy (non-hydrogen) atoms. The largest absolute Gasteiger partial charge is 0.480 e. The first-order valence-corrected chi connectivity index (χ1v) is 13.5. The van der Waals surface area contributed by atoms with E-state index in [0.29, 0.717) is 25.0 Å². The number of ether oxygens (including phenoxy) is 1. The van der Waals surface area contributed by atoms with Gasteiger partial charge >= 0.3 is 12.1 Å². The first-order chi connectivity index (χ1) is 17.0. The number of amides is 2. The number of carboxylic acids is 1. The minimum Gasteiger partial charge on any atom is -0.480 e. The minimum atomic E-state index is -1.02. The van der Waals surface area contributed by atoms with E-state index in [2.05, 4.69) is 34.9 Å². The van der Waals surface area contributed by atoms with Crippen molar-refractivity contribution in [3.63, 3.8) is 0 Å². The molecule has 186 valence electrons. The van der Waals surface area contributed by atoms with E-state index in [4.69, 9.17) is 4.74 Å². The number of benzene rings is 2. The summed E-state index contributed by atoms with van der Waals surface area (Å²) in [7, 11) is 0. The number of thioether (sulfide) groups is 1. The lowest BCUT2D eigenvalue weighted by Crippen LogP contribution is -2.47. The van der Waals surface area contributed by atoms with E-state index in [9.17, 15) is 19.5 Å². The van der Waals surface area contributed by atoms with E-state index >= 15 is 0 Å². The predicted molar refractivity (Wildman–Crippen MR) is 137 cm³/mol. The number of carboxylic acid groups (broad SMARTS) is 1. The van der Waals surface area contributed by atoms with Crippen molar-refractivity contribution in [2.24, 2.45) is 5.92 Å². The van der Waals surface area contributed by atoms with Crippen LogP contribution in [0.5, 0.6) is 0 Å². The normalized spacial score (nSPS) is 19.8. The molecule has 2 aliphatic rings. The standard InChI is InChI=1S/C27H32N2O5S/c1-35-14-13-24(26(31)32)29-25(30)17-7-6-8-18(15-17)28-27(33)34-16-23-21-11-4-2-9-19(21)20-10-3-5-12-22(20)23/h2-5,9-12,17-18,23-24H,6-8,13-16H2,1H3,(H,28,33)(H,29,30)(H,31,32)/t17?,18?,24-/m0/s1. The Morgan fingerprint density at radius 3 is 2.34 bits per heavy atom. The number of nitrogens with one attached hydrogen (secondary N) is 2. The van der Waals surface area contributed by atoms with E-state index in [0.717, 1.165) is 24.0 Å². The Hall–Kier alpha value is -3.00. The van der Waals surface area contributed by atoms with Crippen LogP contribution in [0.2, 0.25) is 0 Å². The Bertz CT molecular complexity index is 1030. The molecule has 2 amide bonds. The van der Waals surface area contributed by atoms with Crippen LogP contribution in [-0.4, -0.2) is 53.8 Å². The number of alkyl carbamates (subject to hydrolysis) is 1. The molecule has 1 fully saturated rings. The first-order valence-electron chi connectivity index (χ1n) is 12.1. The fourth-order valence-corrected chi connectivity index (χ4v) is 5.62. The Kier molecular flexibility index (Phi) is 8.33. The second-order valence-corrected chi connectivity index (χ2v) is 10.2. The molecule has 3 atom stereocenters. The summed E-state index contributed by atoms with van der Waals surface area (Å²) < 4.78 is 5.65. The van der Waals surface area contributed by atoms with Crippen LogP contribution in [0, 0.1) is 5.92 Å². The summed E-state index contributed by atoms with van der Waals surface area (Å²) in [6, 6.07) is 15.3. The summed E-state index contributed by atoms with van der Waals surface area (Å²) in [5.74, 6) is -0.937. The molecule has 0 saturated heterocycles. The number of carbonyl (C=O) groups excluding carboxylic acids is 2. The van der Waals surface area contributed by atoms with Crippen molar-refractivity contribution in [1.29, 1.82) is 0 Å². The summed E-state index contributed by atoms with van der Waals surface area (Å²) in [5.41, 5.74) is 4.67. The second-order valence-electron chi connectivity index (χ2n) is 9.21. The highest BCUT2D eigenvalue weighted by Crippen LogP contribution is 2.44. The van der Waals surface area contributed by atoms with Gasteiger partial charge in [0.1, 0.15) is 12.6 Å². The summed E-state index contributed by atoms with van der Waals surface area (Å²) in [6.45, 7) is 0.242. The fourth-order valence-electron chi connectivity index (χ4n) is 5.15. The average molecular weight is 497 g/mol. The molecule has 2 unspecified atom stereocenters. The van der Waals surface area contributed by atoms with E-state index in [1.54, 1.807) is 11.8 Å². The van der Waals surface area contributed by atoms with Gasteiger partial charge in [-0.05, 0) is 59.9 Å². The smallest absolute Gasteiger partial charge is 0.407 e. The molecular weight excluding hydrogens is 464 g/mol. The predicted octanol–water partition coefficient (Wildman–Crippen LogP) is 4.41. The van der Waals surface area contributed by atoms with Gasteiger partial charge in [-0.2, -0.15) is 11.8 Å². The van der Waals surface area contributed by atoms with Gasteiger partial charge in [0.2, 0.25) is 5.91 Å². The van der Waals surface area contributed by atoms with Gasteiger partial charge in [0.25, 0.3) is 0 Å². The van der Waals surface area contributed by atoms with Gasteiger partial charge in [0.05, 0.1) is 0 Å². The molecule has 0 bridgehead atoms. The number of fused-ring (bicyclic) bond motifs is 3. The van der Waals surface area contributed by atoms with Crippen LogP contribution in [0.3, 0.4) is 0 Å². The number of rotatable bonds is 9. The van der Waals surface area contributed by atoms with Crippen LogP contribution < -0.4 is 10.6 Å². The van der Waals surface area contributed by atoms with Crippen LogP contribution in [0.25, 0.3) is 11.1 Å². The molecule has 0 aliphatic heterocycles. The Morgan fingerprint density at radius 2 is 1.71 bits per heavy atom. The number of aliphatic carboxylic acids is 1. The molecule has 8 heteroatoms. The molecule has 2 aromatic carbocycles. The molecule has 2 aromatic rings. The minimum absolute atomic E-state index is 0.00716. The lowest BCUT2D eigenvalue weighted by atomic mass is 9.85. The third-order valence-corrected chi connectivity index (χ3v) is 7.58. The molecule has 1 saturated carbocycles. The zero-order valence-electron chi connectivity index (χ0n) is 19.9. The maximum Gasteiger partial charge on any atom is 0.407 e. The third-order valence-electron chi connectivity index (χ3n) is 6.94. The van der Waals surface area contributed by atoms with Gasteiger partial charge < -0.3 is 20.5 Å². The van der Waals surface area contributed by atoms with Crippen LogP contribution in [0.1, 0.15) is 49.1 Å². The van der Waals surface area contributed by atoms with E-state index in [1.165, 1.54) is 11.1 Å². The van der Waals surface area contributed by atoms with Crippen molar-refractivity contribution in [2.75, 3.05) is 18.6 Å². The molecule has 0 aromatic heterocycles. The number of hydrogen-bond donors (Lipinski definition) is 3. The van der Waals surface area contributed by atoms with Crippen molar-refractivity contribution in [1.82, 2.24) is 10.6 Å². The quantitative estimate of drug-likeness (QED) is 0.475. The highest BCUT2D eigenvalue weighted by Gasteiger charge is 2.32. The van der Waals surface area contributed by atoms with Gasteiger partial charge in [0.15, 0.2) is 0 Å². The average Bonchev–Trinajstić information content (AvgIpc) is 3.19. The Balaban J connectivity index is 1.30. The molecule has 0 radical (unpaired) electrons. The summed E-state index contributed by atoms with van der Waals surface area (Å²) in [6.07, 6.45) is 4.52. The lowest BCUT2D eigenvalue weighted by molar-refractivity contribution is -0.142. The monoisotopic (exact) mass is 496 g/mol. The maximum atomic E-state index is 12.7. The van der Waals surface area contributed by atoms with Crippen LogP contribution >= 0.6 is 11.8 Å². The first kappa shape index (κ1) is 25.1. The molecule has 7 nitrogen and oxygen atoms in total. The Morgan fingerprint density at radius 1 is 1.06 bits per heavy atom. The van der Waals surface area contributed by atoms with Gasteiger partial charge in [-0.25, -0.2) is 9.59 Å². The van der Waals surface area contributed by atoms with Crippen molar-refractivity contribution in [3.05, 3.63) is 59.7 Å². The topological polar surface area (TPSA) is 105 Å². The second kappa shape index (κ2) is 11.6. The van der Waals surface area contributed by atoms with Gasteiger partial charge in [-0.15, -0.1) is 0 Å². The van der Waals surface area contributed by atoms with Crippen LogP contribution in [-0.2, 0) is 14.3 Å². The molecular formula is C27H32N2O5S. The van der Waals surface area contributed by atoms with E-state index in [1.807, 2.05) is 30.5 Å². The highest BCUT2D eigenvalue weighted by molar-refractivity contribution is 7.98. The fraction of sp³-hybridized carbons (Fsp3) is 0.444. The van der Waals surface area contributed by atoms with Crippen LogP contribution in [0.15, 0.2) is 48.5 Å². The Labute approximate surface area is 210 Å². The van der Waals surface area contributed by atoms with Crippen molar-refractivity contribution < 1.29 is 24.2 Å². The summed E-state index contributed by atoms with van der Waals surface area (Å²) in [5, 5.41) is 15.0. The van der Waals surface area contributed by atoms with E-state index in [-0.39, 0.29) is 30.4 Å². The van der Waals surface area contributed by atoms with Gasteiger partial charge in [-0.1, -0.05) is 55.0 Å². The molecule has 0 spiro atoms. The molecule has 4 rings (SSSR count). The molecule has 3 N–H and O–H groups in total. The zero-order chi connectivity index (χ0) is 24.8. The van der Waals surface area contributed by atoms with Crippen LogP contribution in [0.4, 0.5) is 4.79 Å². The molecule has 0 heterocycles. The molecule has 2 aliphatic carbocycles. The SMILES string of the molecule is CSCC[C@H](NC(=O)C1CCCC(NC(=O)OCC2c3ccccc3-c3ccccc32)C1)C(=O)O. The number of hydrogen-bond acceptors (Lipinski definition) is 5.